The Morgan fingerprint density at radius 3 is 3.08 bits per heavy atom. The van der Waals surface area contributed by atoms with Gasteiger partial charge in [-0.2, -0.15) is 0 Å². The second-order valence-corrected chi connectivity index (χ2v) is 2.52. The van der Waals surface area contributed by atoms with Crippen molar-refractivity contribution in [1.29, 1.82) is 0 Å². The maximum Gasteiger partial charge on any atom is 0.279 e. The number of nitrogens with zero attached hydrogens (tertiary/aromatic N) is 1. The van der Waals surface area contributed by atoms with Crippen LogP contribution in [0.1, 0.15) is 10.4 Å². The van der Waals surface area contributed by atoms with E-state index in [2.05, 4.69) is 9.72 Å². The van der Waals surface area contributed by atoms with E-state index in [1.165, 1.54) is 25.6 Å². The minimum atomic E-state index is -0.914. The van der Waals surface area contributed by atoms with Crippen LogP contribution in [0.25, 0.3) is 0 Å². The molecule has 0 aromatic carbocycles. The number of alkyl halides is 1. The highest BCUT2D eigenvalue weighted by molar-refractivity contribution is 6.19. The predicted octanol–water partition coefficient (Wildman–Crippen LogP) is 1.44. The lowest BCUT2D eigenvalue weighted by Crippen LogP contribution is -2.11. The maximum absolute atomic E-state index is 10.5. The van der Waals surface area contributed by atoms with Gasteiger partial charge in [0, 0.05) is 13.3 Å². The third kappa shape index (κ3) is 2.68. The Balaban J connectivity index is 2.80. The number of hydrogen-bond acceptors (Lipinski definition) is 4. The van der Waals surface area contributed by atoms with Gasteiger partial charge in [-0.3, -0.25) is 9.78 Å². The molecule has 1 aromatic rings. The molecule has 0 fully saturated rings. The van der Waals surface area contributed by atoms with E-state index >= 15 is 0 Å². The van der Waals surface area contributed by atoms with Gasteiger partial charge in [0.1, 0.15) is 0 Å². The molecule has 1 aromatic heterocycles. The average Bonchev–Trinajstić information content (AvgIpc) is 2.18. The van der Waals surface area contributed by atoms with Crippen molar-refractivity contribution < 1.29 is 14.3 Å². The first-order chi connectivity index (χ1) is 6.27. The first-order valence-corrected chi connectivity index (χ1v) is 3.94. The Hall–Kier alpha value is -1.13. The van der Waals surface area contributed by atoms with E-state index in [9.17, 15) is 4.79 Å². The maximum atomic E-state index is 10.5. The summed E-state index contributed by atoms with van der Waals surface area (Å²) < 4.78 is 9.69. The van der Waals surface area contributed by atoms with Crippen LogP contribution in [0.2, 0.25) is 0 Å². The second-order valence-electron chi connectivity index (χ2n) is 2.16. The molecule has 0 spiro atoms. The van der Waals surface area contributed by atoms with Crippen molar-refractivity contribution in [3.05, 3.63) is 24.0 Å². The Labute approximate surface area is 80.4 Å². The normalized spacial score (nSPS) is 12.2. The first-order valence-electron chi connectivity index (χ1n) is 3.50. The van der Waals surface area contributed by atoms with Crippen LogP contribution in [-0.2, 0) is 4.74 Å². The van der Waals surface area contributed by atoms with Crippen LogP contribution in [0.4, 0.5) is 0 Å². The van der Waals surface area contributed by atoms with Crippen LogP contribution in [0.15, 0.2) is 18.5 Å². The van der Waals surface area contributed by atoms with Crippen LogP contribution in [-0.4, -0.2) is 24.1 Å². The number of rotatable bonds is 4. The van der Waals surface area contributed by atoms with Gasteiger partial charge in [-0.1, -0.05) is 0 Å². The van der Waals surface area contributed by atoms with Crippen LogP contribution in [0.3, 0.4) is 0 Å². The number of pyridine rings is 1. The fourth-order valence-electron chi connectivity index (χ4n) is 0.734. The van der Waals surface area contributed by atoms with Gasteiger partial charge in [-0.15, -0.1) is 0 Å². The van der Waals surface area contributed by atoms with Gasteiger partial charge in [0.05, 0.1) is 11.8 Å². The summed E-state index contributed by atoms with van der Waals surface area (Å²) in [7, 11) is 1.40. The molecule has 5 heteroatoms. The molecule has 4 nitrogen and oxygen atoms in total. The minimum Gasteiger partial charge on any atom is -0.448 e. The molecule has 0 N–H and O–H groups in total. The van der Waals surface area contributed by atoms with Crippen molar-refractivity contribution in [3.8, 4) is 5.75 Å². The molecule has 1 rings (SSSR count). The van der Waals surface area contributed by atoms with Crippen molar-refractivity contribution in [2.75, 3.05) is 7.11 Å². The molecule has 1 heterocycles. The van der Waals surface area contributed by atoms with Crippen molar-refractivity contribution in [2.24, 2.45) is 0 Å². The van der Waals surface area contributed by atoms with Crippen molar-refractivity contribution >= 4 is 17.9 Å². The third-order valence-corrected chi connectivity index (χ3v) is 1.62. The van der Waals surface area contributed by atoms with Gasteiger partial charge in [0.15, 0.2) is 12.0 Å². The summed E-state index contributed by atoms with van der Waals surface area (Å²) in [6.07, 6.45) is 3.56. The van der Waals surface area contributed by atoms with E-state index in [1.807, 2.05) is 0 Å². The largest absolute Gasteiger partial charge is 0.448 e. The average molecular weight is 202 g/mol. The molecule has 0 saturated heterocycles. The summed E-state index contributed by atoms with van der Waals surface area (Å²) in [5.74, 6) is -0.609. The lowest BCUT2D eigenvalue weighted by atomic mass is 10.3. The van der Waals surface area contributed by atoms with Crippen LogP contribution >= 0.6 is 11.6 Å². The fraction of sp³-hybridized carbons (Fsp3) is 0.250. The molecule has 1 unspecified atom stereocenters. The number of methoxy groups -OCH3 is 1. The minimum absolute atomic E-state index is 0.305. The molecular weight excluding hydrogens is 194 g/mol. The van der Waals surface area contributed by atoms with Gasteiger partial charge in [0.25, 0.3) is 5.75 Å². The number of aldehydes is 1. The van der Waals surface area contributed by atoms with Gasteiger partial charge < -0.3 is 9.47 Å². The van der Waals surface area contributed by atoms with E-state index in [0.29, 0.717) is 17.6 Å². The summed E-state index contributed by atoms with van der Waals surface area (Å²) in [6.45, 7) is 0. The third-order valence-electron chi connectivity index (χ3n) is 1.35. The molecule has 0 amide bonds. The van der Waals surface area contributed by atoms with Gasteiger partial charge in [0.2, 0.25) is 0 Å². The second kappa shape index (κ2) is 4.79. The fourth-order valence-corrected chi connectivity index (χ4v) is 0.830. The summed E-state index contributed by atoms with van der Waals surface area (Å²) in [5, 5.41) is 0. The van der Waals surface area contributed by atoms with E-state index in [-0.39, 0.29) is 0 Å². The zero-order valence-corrected chi connectivity index (χ0v) is 7.69. The molecule has 0 saturated carbocycles. The Kier molecular flexibility index (Phi) is 3.67. The molecule has 70 valence electrons. The number of halogens is 1. The van der Waals surface area contributed by atoms with Crippen LogP contribution < -0.4 is 4.74 Å². The van der Waals surface area contributed by atoms with Crippen LogP contribution in [0, 0.1) is 0 Å². The van der Waals surface area contributed by atoms with E-state index < -0.39 is 5.75 Å². The highest BCUT2D eigenvalue weighted by Gasteiger charge is 2.07. The summed E-state index contributed by atoms with van der Waals surface area (Å²) in [6, 6.07) is 1.53. The molecule has 0 bridgehead atoms. The highest BCUT2D eigenvalue weighted by atomic mass is 35.5. The van der Waals surface area contributed by atoms with Crippen molar-refractivity contribution in [2.45, 2.75) is 5.75 Å². The van der Waals surface area contributed by atoms with Crippen molar-refractivity contribution in [3.63, 3.8) is 0 Å². The predicted molar refractivity (Wildman–Crippen MR) is 46.9 cm³/mol. The van der Waals surface area contributed by atoms with E-state index in [4.69, 9.17) is 16.3 Å². The zero-order valence-electron chi connectivity index (χ0n) is 6.94. The molecular formula is C8H8ClNO3. The summed E-state index contributed by atoms with van der Waals surface area (Å²) in [4.78, 5) is 14.3. The summed E-state index contributed by atoms with van der Waals surface area (Å²) in [5.41, 5.74) is 0.387. The lowest BCUT2D eigenvalue weighted by Gasteiger charge is -2.10. The molecule has 13 heavy (non-hydrogen) atoms. The topological polar surface area (TPSA) is 48.4 Å². The smallest absolute Gasteiger partial charge is 0.279 e. The van der Waals surface area contributed by atoms with Crippen molar-refractivity contribution in [1.82, 2.24) is 4.98 Å². The lowest BCUT2D eigenvalue weighted by molar-refractivity contribution is 0.0113. The van der Waals surface area contributed by atoms with Gasteiger partial charge in [-0.05, 0) is 17.7 Å². The highest BCUT2D eigenvalue weighted by Crippen LogP contribution is 2.16. The molecule has 0 aliphatic rings. The van der Waals surface area contributed by atoms with E-state index in [1.54, 1.807) is 0 Å². The van der Waals surface area contributed by atoms with Gasteiger partial charge in [-0.25, -0.2) is 0 Å². The standard InChI is InChI=1S/C8H8ClNO3/c1-12-8(9)13-7-4-10-3-2-6(7)5-11/h2-5,8H,1H3. The molecule has 0 aliphatic heterocycles. The molecule has 0 radical (unpaired) electrons. The number of aromatic nitrogens is 1. The Bertz CT molecular complexity index is 292. The quantitative estimate of drug-likeness (QED) is 0.420. The van der Waals surface area contributed by atoms with E-state index in [0.717, 1.165) is 0 Å². The molecule has 0 aliphatic carbocycles. The number of carbonyl (C=O) groups is 1. The first kappa shape index (κ1) is 9.95. The SMILES string of the molecule is COC(Cl)Oc1cnccc1C=O. The number of carbonyl (C=O) groups excluding carboxylic acids is 1. The Morgan fingerprint density at radius 1 is 1.69 bits per heavy atom. The van der Waals surface area contributed by atoms with Gasteiger partial charge >= 0.3 is 0 Å². The monoisotopic (exact) mass is 201 g/mol. The number of ether oxygens (including phenoxy) is 2. The number of hydrogen-bond donors (Lipinski definition) is 0. The zero-order chi connectivity index (χ0) is 9.68. The Morgan fingerprint density at radius 2 is 2.46 bits per heavy atom. The summed E-state index contributed by atoms with van der Waals surface area (Å²) >= 11 is 5.54. The molecule has 1 atom stereocenters. The van der Waals surface area contributed by atoms with Crippen LogP contribution in [0.5, 0.6) is 5.75 Å².